The predicted octanol–water partition coefficient (Wildman–Crippen LogP) is 2.04. The van der Waals surface area contributed by atoms with Crippen LogP contribution in [-0.2, 0) is 4.74 Å². The van der Waals surface area contributed by atoms with Gasteiger partial charge in [0.15, 0.2) is 0 Å². The van der Waals surface area contributed by atoms with Crippen molar-refractivity contribution in [2.45, 2.75) is 51.1 Å². The zero-order valence-corrected chi connectivity index (χ0v) is 11.8. The Labute approximate surface area is 111 Å². The summed E-state index contributed by atoms with van der Waals surface area (Å²) < 4.78 is 5.42. The molecule has 2 rings (SSSR count). The smallest absolute Gasteiger partial charge is 0.0469 e. The third-order valence-corrected chi connectivity index (χ3v) is 4.10. The Bertz CT molecular complexity index is 208. The van der Waals surface area contributed by atoms with Crippen molar-refractivity contribution >= 4 is 12.4 Å². The van der Waals surface area contributed by atoms with Crippen molar-refractivity contribution in [2.75, 3.05) is 26.3 Å². The van der Waals surface area contributed by atoms with Crippen LogP contribution in [0.25, 0.3) is 0 Å². The molecule has 4 heteroatoms. The highest BCUT2D eigenvalue weighted by Crippen LogP contribution is 2.23. The van der Waals surface area contributed by atoms with Crippen LogP contribution in [0.15, 0.2) is 0 Å². The molecule has 0 spiro atoms. The molecular formula is C13H27ClN2O. The van der Waals surface area contributed by atoms with E-state index in [9.17, 15) is 0 Å². The first-order chi connectivity index (χ1) is 7.77. The molecule has 2 saturated heterocycles. The second-order valence-corrected chi connectivity index (χ2v) is 5.47. The fourth-order valence-electron chi connectivity index (χ4n) is 3.10. The number of nitrogens with two attached hydrogens (primary N) is 1. The highest BCUT2D eigenvalue weighted by atomic mass is 35.5. The zero-order valence-electron chi connectivity index (χ0n) is 10.9. The zero-order chi connectivity index (χ0) is 11.4. The molecule has 2 unspecified atom stereocenters. The molecule has 0 saturated carbocycles. The number of halogens is 1. The molecule has 0 amide bonds. The van der Waals surface area contributed by atoms with Crippen LogP contribution < -0.4 is 5.73 Å². The molecule has 17 heavy (non-hydrogen) atoms. The van der Waals surface area contributed by atoms with Gasteiger partial charge in [-0.2, -0.15) is 0 Å². The summed E-state index contributed by atoms with van der Waals surface area (Å²) in [5.41, 5.74) is 6.10. The van der Waals surface area contributed by atoms with Gasteiger partial charge in [0, 0.05) is 31.8 Å². The minimum atomic E-state index is 0. The molecule has 0 aromatic heterocycles. The largest absolute Gasteiger partial charge is 0.381 e. The van der Waals surface area contributed by atoms with Crippen LogP contribution in [0.3, 0.4) is 0 Å². The van der Waals surface area contributed by atoms with Gasteiger partial charge in [-0.1, -0.05) is 6.42 Å². The van der Waals surface area contributed by atoms with Gasteiger partial charge in [0.05, 0.1) is 0 Å². The minimum Gasteiger partial charge on any atom is -0.381 e. The molecule has 0 aliphatic carbocycles. The summed E-state index contributed by atoms with van der Waals surface area (Å²) in [7, 11) is 0. The third kappa shape index (κ3) is 4.40. The van der Waals surface area contributed by atoms with E-state index in [1.165, 1.54) is 45.2 Å². The van der Waals surface area contributed by atoms with Gasteiger partial charge in [-0.25, -0.2) is 0 Å². The van der Waals surface area contributed by atoms with Gasteiger partial charge in [0.25, 0.3) is 0 Å². The fraction of sp³-hybridized carbons (Fsp3) is 1.00. The monoisotopic (exact) mass is 262 g/mol. The number of rotatable bonds is 3. The lowest BCUT2D eigenvalue weighted by molar-refractivity contribution is 0.0354. The van der Waals surface area contributed by atoms with Gasteiger partial charge in [-0.05, 0) is 45.1 Å². The van der Waals surface area contributed by atoms with E-state index >= 15 is 0 Å². The molecule has 2 aliphatic heterocycles. The van der Waals surface area contributed by atoms with Crippen molar-refractivity contribution < 1.29 is 4.74 Å². The van der Waals surface area contributed by atoms with E-state index in [-0.39, 0.29) is 12.4 Å². The average Bonchev–Trinajstić information content (AvgIpc) is 2.31. The maximum absolute atomic E-state index is 6.10. The van der Waals surface area contributed by atoms with Crippen LogP contribution >= 0.6 is 12.4 Å². The second kappa shape index (κ2) is 7.57. The summed E-state index contributed by atoms with van der Waals surface area (Å²) in [5, 5.41) is 0. The van der Waals surface area contributed by atoms with Crippen LogP contribution in [0.1, 0.15) is 39.0 Å². The predicted molar refractivity (Wildman–Crippen MR) is 73.7 cm³/mol. The molecule has 2 fully saturated rings. The van der Waals surface area contributed by atoms with Crippen molar-refractivity contribution in [1.82, 2.24) is 4.90 Å². The average molecular weight is 263 g/mol. The van der Waals surface area contributed by atoms with Crippen molar-refractivity contribution in [3.05, 3.63) is 0 Å². The number of ether oxygens (including phenoxy) is 1. The quantitative estimate of drug-likeness (QED) is 0.846. The molecule has 3 nitrogen and oxygen atoms in total. The van der Waals surface area contributed by atoms with Crippen LogP contribution in [0.4, 0.5) is 0 Å². The Morgan fingerprint density at radius 3 is 2.59 bits per heavy atom. The van der Waals surface area contributed by atoms with Crippen LogP contribution in [0.5, 0.6) is 0 Å². The Balaban J connectivity index is 0.00000144. The SMILES string of the molecule is CC(N)C1CCCCN1CC1CCOCC1.Cl. The summed E-state index contributed by atoms with van der Waals surface area (Å²) in [6, 6.07) is 0.941. The molecule has 2 N–H and O–H groups in total. The highest BCUT2D eigenvalue weighted by Gasteiger charge is 2.27. The topological polar surface area (TPSA) is 38.5 Å². The molecule has 2 heterocycles. The highest BCUT2D eigenvalue weighted by molar-refractivity contribution is 5.85. The van der Waals surface area contributed by atoms with Crippen molar-refractivity contribution in [3.8, 4) is 0 Å². The van der Waals surface area contributed by atoms with E-state index in [4.69, 9.17) is 10.5 Å². The first-order valence-electron chi connectivity index (χ1n) is 6.85. The van der Waals surface area contributed by atoms with Crippen molar-refractivity contribution in [3.63, 3.8) is 0 Å². The van der Waals surface area contributed by atoms with Gasteiger partial charge in [-0.3, -0.25) is 4.90 Å². The van der Waals surface area contributed by atoms with E-state index < -0.39 is 0 Å². The number of hydrogen-bond donors (Lipinski definition) is 1. The van der Waals surface area contributed by atoms with E-state index in [1.807, 2.05) is 0 Å². The third-order valence-electron chi connectivity index (χ3n) is 4.10. The Morgan fingerprint density at radius 1 is 1.24 bits per heavy atom. The molecule has 0 aromatic rings. The first-order valence-corrected chi connectivity index (χ1v) is 6.85. The summed E-state index contributed by atoms with van der Waals surface area (Å²) >= 11 is 0. The van der Waals surface area contributed by atoms with Gasteiger partial charge in [-0.15, -0.1) is 12.4 Å². The molecule has 0 aromatic carbocycles. The lowest BCUT2D eigenvalue weighted by Crippen LogP contribution is -2.50. The minimum absolute atomic E-state index is 0. The molecule has 102 valence electrons. The molecule has 2 aliphatic rings. The molecule has 2 atom stereocenters. The number of likely N-dealkylation sites (tertiary alicyclic amines) is 1. The van der Waals surface area contributed by atoms with Crippen LogP contribution in [-0.4, -0.2) is 43.3 Å². The van der Waals surface area contributed by atoms with E-state index in [2.05, 4.69) is 11.8 Å². The lowest BCUT2D eigenvalue weighted by atomic mass is 9.93. The Hall–Kier alpha value is 0.170. The maximum Gasteiger partial charge on any atom is 0.0469 e. The lowest BCUT2D eigenvalue weighted by Gasteiger charge is -2.40. The van der Waals surface area contributed by atoms with E-state index in [0.29, 0.717) is 12.1 Å². The van der Waals surface area contributed by atoms with Gasteiger partial charge >= 0.3 is 0 Å². The number of piperidine rings is 1. The van der Waals surface area contributed by atoms with E-state index in [0.717, 1.165) is 19.1 Å². The van der Waals surface area contributed by atoms with Gasteiger partial charge < -0.3 is 10.5 Å². The molecule has 0 bridgehead atoms. The van der Waals surface area contributed by atoms with E-state index in [1.54, 1.807) is 0 Å². The van der Waals surface area contributed by atoms with Crippen LogP contribution in [0, 0.1) is 5.92 Å². The summed E-state index contributed by atoms with van der Waals surface area (Å²) in [4.78, 5) is 2.64. The second-order valence-electron chi connectivity index (χ2n) is 5.47. The summed E-state index contributed by atoms with van der Waals surface area (Å²) in [6.45, 7) is 6.58. The Morgan fingerprint density at radius 2 is 1.94 bits per heavy atom. The molecule has 0 radical (unpaired) electrons. The molecular weight excluding hydrogens is 236 g/mol. The number of nitrogens with zero attached hydrogens (tertiary/aromatic N) is 1. The normalized spacial score (nSPS) is 29.6. The maximum atomic E-state index is 6.10. The first kappa shape index (κ1) is 15.2. The van der Waals surface area contributed by atoms with Gasteiger partial charge in [0.2, 0.25) is 0 Å². The van der Waals surface area contributed by atoms with Crippen molar-refractivity contribution in [2.24, 2.45) is 11.7 Å². The summed E-state index contributed by atoms with van der Waals surface area (Å²) in [6.07, 6.45) is 6.48. The number of hydrogen-bond acceptors (Lipinski definition) is 3. The Kier molecular flexibility index (Phi) is 6.78. The van der Waals surface area contributed by atoms with Crippen LogP contribution in [0.2, 0.25) is 0 Å². The fourth-order valence-corrected chi connectivity index (χ4v) is 3.10. The van der Waals surface area contributed by atoms with Crippen molar-refractivity contribution in [1.29, 1.82) is 0 Å². The van der Waals surface area contributed by atoms with Gasteiger partial charge in [0.1, 0.15) is 0 Å². The standard InChI is InChI=1S/C13H26N2O.ClH/c1-11(14)13-4-2-3-7-15(13)10-12-5-8-16-9-6-12;/h11-13H,2-10,14H2,1H3;1H. The summed E-state index contributed by atoms with van der Waals surface area (Å²) in [5.74, 6) is 0.841.